The van der Waals surface area contributed by atoms with E-state index in [2.05, 4.69) is 42.4 Å². The molecule has 1 fully saturated rings. The van der Waals surface area contributed by atoms with Crippen LogP contribution in [-0.4, -0.2) is 71.9 Å². The summed E-state index contributed by atoms with van der Waals surface area (Å²) in [7, 11) is 1.86. The first-order valence-corrected chi connectivity index (χ1v) is 12.8. The third-order valence-electron chi connectivity index (χ3n) is 7.04. The number of carbonyl (C=O) groups is 1. The van der Waals surface area contributed by atoms with E-state index in [1.165, 1.54) is 6.33 Å². The summed E-state index contributed by atoms with van der Waals surface area (Å²) in [6, 6.07) is 11.7. The molecule has 0 saturated carbocycles. The summed E-state index contributed by atoms with van der Waals surface area (Å²) < 4.78 is 7.86. The lowest BCUT2D eigenvalue weighted by Crippen LogP contribution is -2.33. The average molecular weight is 525 g/mol. The lowest BCUT2D eigenvalue weighted by molar-refractivity contribution is -0.119. The monoisotopic (exact) mass is 524 g/mol. The molecule has 1 aliphatic heterocycles. The number of fused-ring (bicyclic) bond motifs is 2. The van der Waals surface area contributed by atoms with Gasteiger partial charge in [0.1, 0.15) is 34.4 Å². The van der Waals surface area contributed by atoms with Crippen molar-refractivity contribution in [3.05, 3.63) is 54.5 Å². The van der Waals surface area contributed by atoms with E-state index >= 15 is 0 Å². The largest absolute Gasteiger partial charge is 0.457 e. The summed E-state index contributed by atoms with van der Waals surface area (Å²) in [4.78, 5) is 33.5. The van der Waals surface area contributed by atoms with Crippen LogP contribution in [0.4, 0.5) is 17.5 Å². The maximum absolute atomic E-state index is 11.4. The van der Waals surface area contributed by atoms with Crippen LogP contribution in [0.2, 0.25) is 0 Å². The van der Waals surface area contributed by atoms with Crippen molar-refractivity contribution < 1.29 is 9.53 Å². The minimum absolute atomic E-state index is 0.179. The highest BCUT2D eigenvalue weighted by atomic mass is 16.5. The van der Waals surface area contributed by atoms with Gasteiger partial charge < -0.3 is 19.9 Å². The number of ether oxygens (including phenoxy) is 1. The maximum Gasteiger partial charge on any atom is 0.226 e. The topological polar surface area (TPSA) is 127 Å². The number of rotatable bonds is 6. The predicted octanol–water partition coefficient (Wildman–Crippen LogP) is 3.60. The molecule has 1 aliphatic rings. The van der Waals surface area contributed by atoms with Gasteiger partial charge in [-0.3, -0.25) is 4.79 Å². The summed E-state index contributed by atoms with van der Waals surface area (Å²) in [6.07, 6.45) is 4.97. The molecule has 0 spiro atoms. The van der Waals surface area contributed by atoms with E-state index in [-0.39, 0.29) is 6.04 Å². The van der Waals surface area contributed by atoms with Crippen LogP contribution in [0.3, 0.4) is 0 Å². The van der Waals surface area contributed by atoms with Gasteiger partial charge in [-0.25, -0.2) is 24.6 Å². The second-order valence-electron chi connectivity index (χ2n) is 9.67. The summed E-state index contributed by atoms with van der Waals surface area (Å²) in [5.74, 6) is 2.61. The molecule has 5 aromatic rings. The van der Waals surface area contributed by atoms with Crippen LogP contribution in [-0.2, 0) is 11.8 Å². The summed E-state index contributed by atoms with van der Waals surface area (Å²) in [5.41, 5.74) is 4.78. The molecular formula is C27H28N10O2. The third-order valence-corrected chi connectivity index (χ3v) is 7.04. The van der Waals surface area contributed by atoms with Gasteiger partial charge in [-0.15, -0.1) is 5.10 Å². The van der Waals surface area contributed by atoms with E-state index in [9.17, 15) is 4.79 Å². The van der Waals surface area contributed by atoms with E-state index in [1.807, 2.05) is 55.3 Å². The SMILES string of the molecule is Cc1cc(Nc2ncnc3cnc(N4CCC(C)N(C=O)CC4)nc23)ccc1Oc1ccc2c(c1)nnn2C. The first kappa shape index (κ1) is 24.5. The Morgan fingerprint density at radius 3 is 2.79 bits per heavy atom. The molecule has 1 unspecified atom stereocenters. The van der Waals surface area contributed by atoms with Crippen LogP contribution in [0.25, 0.3) is 22.1 Å². The number of amides is 1. The van der Waals surface area contributed by atoms with Crippen LogP contribution >= 0.6 is 0 Å². The number of aromatic nitrogens is 7. The smallest absolute Gasteiger partial charge is 0.226 e. The number of hydrogen-bond acceptors (Lipinski definition) is 10. The Morgan fingerprint density at radius 2 is 1.95 bits per heavy atom. The Bertz CT molecular complexity index is 1670. The maximum atomic E-state index is 11.4. The Morgan fingerprint density at radius 1 is 1.05 bits per heavy atom. The van der Waals surface area contributed by atoms with E-state index in [1.54, 1.807) is 10.9 Å². The Labute approximate surface area is 224 Å². The Kier molecular flexibility index (Phi) is 6.35. The average Bonchev–Trinajstić information content (AvgIpc) is 3.20. The van der Waals surface area contributed by atoms with Crippen molar-refractivity contribution in [1.29, 1.82) is 0 Å². The van der Waals surface area contributed by atoms with Crippen molar-refractivity contribution in [1.82, 2.24) is 39.8 Å². The molecule has 1 N–H and O–H groups in total. The van der Waals surface area contributed by atoms with Gasteiger partial charge >= 0.3 is 0 Å². The zero-order valence-electron chi connectivity index (χ0n) is 21.9. The molecule has 1 atom stereocenters. The lowest BCUT2D eigenvalue weighted by atomic mass is 10.2. The number of nitrogens with one attached hydrogen (secondary N) is 1. The summed E-state index contributed by atoms with van der Waals surface area (Å²) >= 11 is 0. The van der Waals surface area contributed by atoms with Crippen molar-refractivity contribution in [3.8, 4) is 11.5 Å². The number of nitrogens with zero attached hydrogens (tertiary/aromatic N) is 9. The molecule has 0 aliphatic carbocycles. The standard InChI is InChI=1S/C27H28N10O2/c1-17-12-19(4-7-24(17)39-20-5-6-23-21(13-20)33-34-35(23)3)31-26-25-22(29-15-30-26)14-28-27(32-25)36-9-8-18(2)37(16-38)11-10-36/h4-7,12-16,18H,8-11H2,1-3H3,(H,29,30,31). The molecule has 1 saturated heterocycles. The molecule has 6 rings (SSSR count). The van der Waals surface area contributed by atoms with Crippen LogP contribution in [0.15, 0.2) is 48.9 Å². The molecule has 0 radical (unpaired) electrons. The molecule has 3 aromatic heterocycles. The van der Waals surface area contributed by atoms with Gasteiger partial charge in [0.15, 0.2) is 5.82 Å². The van der Waals surface area contributed by atoms with Gasteiger partial charge in [-0.1, -0.05) is 5.21 Å². The van der Waals surface area contributed by atoms with Crippen molar-refractivity contribution >= 4 is 45.9 Å². The van der Waals surface area contributed by atoms with Gasteiger partial charge in [-0.2, -0.15) is 0 Å². The van der Waals surface area contributed by atoms with Gasteiger partial charge in [0.05, 0.1) is 11.7 Å². The molecule has 4 heterocycles. The highest BCUT2D eigenvalue weighted by molar-refractivity contribution is 5.87. The fourth-order valence-electron chi connectivity index (χ4n) is 4.71. The van der Waals surface area contributed by atoms with E-state index < -0.39 is 0 Å². The first-order valence-electron chi connectivity index (χ1n) is 12.8. The Hall–Kier alpha value is -4.87. The third kappa shape index (κ3) is 4.88. The molecule has 2 aromatic carbocycles. The zero-order chi connectivity index (χ0) is 26.9. The minimum atomic E-state index is 0.179. The van der Waals surface area contributed by atoms with Crippen LogP contribution in [0.5, 0.6) is 11.5 Å². The molecule has 12 nitrogen and oxygen atoms in total. The number of hydrogen-bond donors (Lipinski definition) is 1. The first-order chi connectivity index (χ1) is 19.0. The van der Waals surface area contributed by atoms with Crippen LogP contribution in [0.1, 0.15) is 18.9 Å². The van der Waals surface area contributed by atoms with Gasteiger partial charge in [0.25, 0.3) is 0 Å². The van der Waals surface area contributed by atoms with E-state index in [0.29, 0.717) is 41.6 Å². The van der Waals surface area contributed by atoms with Gasteiger partial charge in [0, 0.05) is 44.5 Å². The van der Waals surface area contributed by atoms with Crippen LogP contribution < -0.4 is 15.0 Å². The van der Waals surface area contributed by atoms with Crippen molar-refractivity contribution in [2.24, 2.45) is 7.05 Å². The second kappa shape index (κ2) is 10.1. The van der Waals surface area contributed by atoms with Gasteiger partial charge in [0.2, 0.25) is 12.4 Å². The Balaban J connectivity index is 1.23. The van der Waals surface area contributed by atoms with Crippen molar-refractivity contribution in [2.45, 2.75) is 26.3 Å². The number of anilines is 3. The molecule has 39 heavy (non-hydrogen) atoms. The fourth-order valence-corrected chi connectivity index (χ4v) is 4.71. The number of aryl methyl sites for hydroxylation is 2. The molecule has 198 valence electrons. The quantitative estimate of drug-likeness (QED) is 0.329. The normalized spacial score (nSPS) is 15.9. The molecular weight excluding hydrogens is 496 g/mol. The second-order valence-corrected chi connectivity index (χ2v) is 9.67. The van der Waals surface area contributed by atoms with E-state index in [4.69, 9.17) is 9.72 Å². The number of carbonyl (C=O) groups excluding carboxylic acids is 1. The van der Waals surface area contributed by atoms with Crippen LogP contribution in [0, 0.1) is 6.92 Å². The molecule has 0 bridgehead atoms. The summed E-state index contributed by atoms with van der Waals surface area (Å²) in [5, 5.41) is 11.6. The predicted molar refractivity (Wildman–Crippen MR) is 147 cm³/mol. The highest BCUT2D eigenvalue weighted by Crippen LogP contribution is 2.31. The fraction of sp³-hybridized carbons (Fsp3) is 0.296. The highest BCUT2D eigenvalue weighted by Gasteiger charge is 2.22. The van der Waals surface area contributed by atoms with Crippen molar-refractivity contribution in [2.75, 3.05) is 29.9 Å². The lowest BCUT2D eigenvalue weighted by Gasteiger charge is -2.21. The minimum Gasteiger partial charge on any atom is -0.457 e. The summed E-state index contributed by atoms with van der Waals surface area (Å²) in [6.45, 7) is 6.10. The van der Waals surface area contributed by atoms with Crippen molar-refractivity contribution in [3.63, 3.8) is 0 Å². The zero-order valence-corrected chi connectivity index (χ0v) is 21.9. The van der Waals surface area contributed by atoms with E-state index in [0.717, 1.165) is 47.4 Å². The number of benzene rings is 2. The molecule has 1 amide bonds. The van der Waals surface area contributed by atoms with Gasteiger partial charge in [-0.05, 0) is 56.2 Å². The molecule has 12 heteroatoms.